The second-order valence-corrected chi connectivity index (χ2v) is 5.83. The highest BCUT2D eigenvalue weighted by molar-refractivity contribution is 7.17. The summed E-state index contributed by atoms with van der Waals surface area (Å²) < 4.78 is 5.21. The van der Waals surface area contributed by atoms with E-state index in [1.807, 2.05) is 6.92 Å². The minimum absolute atomic E-state index is 0.166. The number of aryl methyl sites for hydroxylation is 1. The molecule has 0 aliphatic heterocycles. The van der Waals surface area contributed by atoms with Crippen LogP contribution in [0.25, 0.3) is 0 Å². The fourth-order valence-corrected chi connectivity index (χ4v) is 2.85. The monoisotopic (exact) mass is 363 g/mol. The first-order valence-corrected chi connectivity index (χ1v) is 8.27. The van der Waals surface area contributed by atoms with Gasteiger partial charge in [0.15, 0.2) is 10.9 Å². The van der Waals surface area contributed by atoms with E-state index in [4.69, 9.17) is 10.5 Å². The van der Waals surface area contributed by atoms with Crippen molar-refractivity contribution in [2.24, 2.45) is 5.10 Å². The normalized spacial score (nSPS) is 10.8. The third kappa shape index (κ3) is 4.51. The van der Waals surface area contributed by atoms with Gasteiger partial charge in [-0.25, -0.2) is 10.4 Å². The van der Waals surface area contributed by atoms with E-state index in [1.54, 1.807) is 13.0 Å². The Morgan fingerprint density at radius 3 is 2.92 bits per heavy atom. The van der Waals surface area contributed by atoms with Crippen LogP contribution in [0.4, 0.5) is 10.8 Å². The van der Waals surface area contributed by atoms with E-state index in [1.165, 1.54) is 18.3 Å². The number of nitro groups is 1. The molecule has 132 valence electrons. The molecule has 9 nitrogen and oxygen atoms in total. The van der Waals surface area contributed by atoms with Gasteiger partial charge in [-0.05, 0) is 25.5 Å². The van der Waals surface area contributed by atoms with Gasteiger partial charge in [0.2, 0.25) is 0 Å². The highest BCUT2D eigenvalue weighted by Crippen LogP contribution is 2.27. The number of hydrogen-bond donors (Lipinski definition) is 2. The Hall–Kier alpha value is -3.01. The van der Waals surface area contributed by atoms with Crippen LogP contribution in [0.5, 0.6) is 5.75 Å². The number of carbonyl (C=O) groups is 1. The number of nitrogens with two attached hydrogens (primary N) is 1. The number of nitro benzene ring substituents is 1. The van der Waals surface area contributed by atoms with Gasteiger partial charge in [0.1, 0.15) is 4.88 Å². The number of nitrogens with one attached hydrogen (secondary N) is 1. The second-order valence-electron chi connectivity index (χ2n) is 4.80. The van der Waals surface area contributed by atoms with Gasteiger partial charge >= 0.3 is 5.69 Å². The number of aromatic nitrogens is 1. The molecule has 0 saturated carbocycles. The maximum Gasteiger partial charge on any atom is 0.311 e. The van der Waals surface area contributed by atoms with Gasteiger partial charge in [-0.3, -0.25) is 14.9 Å². The summed E-state index contributed by atoms with van der Waals surface area (Å²) in [5, 5.41) is 15.2. The maximum atomic E-state index is 12.1. The number of amides is 1. The molecule has 0 aliphatic rings. The molecule has 1 amide bonds. The van der Waals surface area contributed by atoms with E-state index in [9.17, 15) is 14.9 Å². The van der Waals surface area contributed by atoms with Crippen molar-refractivity contribution in [2.45, 2.75) is 20.3 Å². The first-order valence-electron chi connectivity index (χ1n) is 7.46. The number of carbonyl (C=O) groups excluding carboxylic acids is 1. The molecule has 0 aliphatic carbocycles. The molecule has 3 N–H and O–H groups in total. The highest BCUT2D eigenvalue weighted by Gasteiger charge is 2.16. The zero-order valence-electron chi connectivity index (χ0n) is 13.7. The molecular weight excluding hydrogens is 346 g/mol. The van der Waals surface area contributed by atoms with E-state index in [0.29, 0.717) is 34.3 Å². The predicted molar refractivity (Wildman–Crippen MR) is 95.2 cm³/mol. The summed E-state index contributed by atoms with van der Waals surface area (Å²) in [5.74, 6) is -0.246. The van der Waals surface area contributed by atoms with Gasteiger partial charge in [0.25, 0.3) is 5.91 Å². The van der Waals surface area contributed by atoms with E-state index < -0.39 is 10.8 Å². The minimum Gasteiger partial charge on any atom is -0.487 e. The number of nitrogen functional groups attached to an aromatic ring is 1. The molecule has 2 rings (SSSR count). The van der Waals surface area contributed by atoms with Crippen molar-refractivity contribution in [3.05, 3.63) is 44.4 Å². The van der Waals surface area contributed by atoms with Crippen molar-refractivity contribution in [1.82, 2.24) is 10.4 Å². The highest BCUT2D eigenvalue weighted by atomic mass is 32.1. The Morgan fingerprint density at radius 1 is 1.52 bits per heavy atom. The van der Waals surface area contributed by atoms with Crippen LogP contribution in [0.1, 0.15) is 34.8 Å². The van der Waals surface area contributed by atoms with Crippen LogP contribution < -0.4 is 15.9 Å². The third-order valence-corrected chi connectivity index (χ3v) is 4.04. The Morgan fingerprint density at radius 2 is 2.28 bits per heavy atom. The van der Waals surface area contributed by atoms with Crippen molar-refractivity contribution < 1.29 is 14.5 Å². The van der Waals surface area contributed by atoms with Crippen molar-refractivity contribution in [2.75, 3.05) is 12.3 Å². The summed E-state index contributed by atoms with van der Waals surface area (Å²) in [5.41, 5.74) is 8.87. The molecule has 0 atom stereocenters. The minimum atomic E-state index is -0.533. The van der Waals surface area contributed by atoms with E-state index in [0.717, 1.165) is 11.3 Å². The molecule has 0 saturated heterocycles. The van der Waals surface area contributed by atoms with Crippen LogP contribution in [0.15, 0.2) is 23.3 Å². The number of hydrogen-bond acceptors (Lipinski definition) is 8. The summed E-state index contributed by atoms with van der Waals surface area (Å²) in [6.45, 7) is 3.93. The van der Waals surface area contributed by atoms with Gasteiger partial charge in [-0.2, -0.15) is 5.10 Å². The van der Waals surface area contributed by atoms with Gasteiger partial charge in [0, 0.05) is 11.6 Å². The Kier molecular flexibility index (Phi) is 6.01. The van der Waals surface area contributed by atoms with Crippen molar-refractivity contribution in [1.29, 1.82) is 0 Å². The number of anilines is 1. The maximum absolute atomic E-state index is 12.1. The number of thiazole rings is 1. The lowest BCUT2D eigenvalue weighted by atomic mass is 10.2. The summed E-state index contributed by atoms with van der Waals surface area (Å²) in [6, 6.07) is 4.42. The lowest BCUT2D eigenvalue weighted by Gasteiger charge is -2.04. The quantitative estimate of drug-likeness (QED) is 0.441. The fourth-order valence-electron chi connectivity index (χ4n) is 2.04. The summed E-state index contributed by atoms with van der Waals surface area (Å²) >= 11 is 1.08. The molecule has 1 heterocycles. The zero-order chi connectivity index (χ0) is 18.4. The molecule has 0 spiro atoms. The van der Waals surface area contributed by atoms with E-state index in [-0.39, 0.29) is 11.4 Å². The van der Waals surface area contributed by atoms with Crippen LogP contribution in [-0.2, 0) is 6.42 Å². The van der Waals surface area contributed by atoms with Crippen LogP contribution in [0.2, 0.25) is 0 Å². The zero-order valence-corrected chi connectivity index (χ0v) is 14.5. The standard InChI is InChI=1S/C15H17N5O4S/c1-3-10-13(25-15(16)18-10)14(21)19-17-8-9-5-6-12(24-4-2)11(7-9)20(22)23/h5-8H,3-4H2,1-2H3,(H2,16,18)(H,19,21)/b17-8-. The molecule has 1 aromatic heterocycles. The van der Waals surface area contributed by atoms with E-state index >= 15 is 0 Å². The molecule has 0 radical (unpaired) electrons. The molecule has 0 fully saturated rings. The molecule has 25 heavy (non-hydrogen) atoms. The Bertz CT molecular complexity index is 818. The second kappa shape index (κ2) is 8.20. The largest absolute Gasteiger partial charge is 0.487 e. The summed E-state index contributed by atoms with van der Waals surface area (Å²) in [7, 11) is 0. The third-order valence-electron chi connectivity index (χ3n) is 3.11. The fraction of sp³-hybridized carbons (Fsp3) is 0.267. The first-order chi connectivity index (χ1) is 12.0. The smallest absolute Gasteiger partial charge is 0.311 e. The topological polar surface area (TPSA) is 133 Å². The molecule has 0 bridgehead atoms. The molecule has 10 heteroatoms. The number of hydrazone groups is 1. The number of rotatable bonds is 7. The molecule has 0 unspecified atom stereocenters. The van der Waals surface area contributed by atoms with Crippen LogP contribution >= 0.6 is 11.3 Å². The average molecular weight is 363 g/mol. The van der Waals surface area contributed by atoms with E-state index in [2.05, 4.69) is 15.5 Å². The number of benzene rings is 1. The van der Waals surface area contributed by atoms with Crippen LogP contribution in [0.3, 0.4) is 0 Å². The van der Waals surface area contributed by atoms with Crippen molar-refractivity contribution in [3.8, 4) is 5.75 Å². The number of nitrogens with zero attached hydrogens (tertiary/aromatic N) is 3. The van der Waals surface area contributed by atoms with Gasteiger partial charge in [-0.1, -0.05) is 18.3 Å². The lowest BCUT2D eigenvalue weighted by Crippen LogP contribution is -2.17. The summed E-state index contributed by atoms with van der Waals surface area (Å²) in [6.07, 6.45) is 1.89. The molecule has 1 aromatic carbocycles. The predicted octanol–water partition coefficient (Wildman–Crippen LogP) is 2.36. The lowest BCUT2D eigenvalue weighted by molar-refractivity contribution is -0.385. The Labute approximate surface area is 147 Å². The van der Waals surface area contributed by atoms with Gasteiger partial charge < -0.3 is 10.5 Å². The number of ether oxygens (including phenoxy) is 1. The average Bonchev–Trinajstić information content (AvgIpc) is 2.97. The van der Waals surface area contributed by atoms with Crippen LogP contribution in [0, 0.1) is 10.1 Å². The van der Waals surface area contributed by atoms with Gasteiger partial charge in [-0.15, -0.1) is 0 Å². The van der Waals surface area contributed by atoms with Gasteiger partial charge in [0.05, 0.1) is 23.4 Å². The van der Waals surface area contributed by atoms with Crippen molar-refractivity contribution in [3.63, 3.8) is 0 Å². The van der Waals surface area contributed by atoms with Crippen molar-refractivity contribution >= 4 is 34.3 Å². The first kappa shape index (κ1) is 18.3. The Balaban J connectivity index is 2.12. The summed E-state index contributed by atoms with van der Waals surface area (Å²) in [4.78, 5) is 27.1. The molecular formula is C15H17N5O4S. The SMILES string of the molecule is CCOc1ccc(/C=N\NC(=O)c2sc(N)nc2CC)cc1[N+](=O)[O-]. The molecule has 2 aromatic rings. The van der Waals surface area contributed by atoms with Crippen LogP contribution in [-0.4, -0.2) is 28.6 Å².